The number of aromatic nitrogens is 3. The second kappa shape index (κ2) is 9.50. The van der Waals surface area contributed by atoms with Crippen molar-refractivity contribution in [2.75, 3.05) is 6.61 Å². The van der Waals surface area contributed by atoms with E-state index in [1.54, 1.807) is 19.1 Å². The smallest absolute Gasteiger partial charge is 0.319 e. The molecule has 1 atom stereocenters. The number of halogens is 1. The molecular formula is C21H22FN3O2S. The van der Waals surface area contributed by atoms with E-state index >= 15 is 0 Å². The number of nitrogens with zero attached hydrogens (tertiary/aromatic N) is 3. The van der Waals surface area contributed by atoms with E-state index < -0.39 is 0 Å². The molecule has 28 heavy (non-hydrogen) atoms. The number of hydrogen-bond acceptors (Lipinski definition) is 5. The van der Waals surface area contributed by atoms with Gasteiger partial charge in [0.15, 0.2) is 11.0 Å². The van der Waals surface area contributed by atoms with Gasteiger partial charge in [0.25, 0.3) is 0 Å². The fourth-order valence-electron chi connectivity index (χ4n) is 2.79. The van der Waals surface area contributed by atoms with Gasteiger partial charge in [0.05, 0.1) is 6.61 Å². The summed E-state index contributed by atoms with van der Waals surface area (Å²) in [5, 5.41) is 8.89. The van der Waals surface area contributed by atoms with Crippen LogP contribution in [0.5, 0.6) is 0 Å². The molecule has 5 nitrogen and oxygen atoms in total. The second-order valence-electron chi connectivity index (χ2n) is 6.13. The maximum atomic E-state index is 13.4. The van der Waals surface area contributed by atoms with Gasteiger partial charge in [-0.1, -0.05) is 43.3 Å². The maximum absolute atomic E-state index is 13.4. The van der Waals surface area contributed by atoms with Crippen LogP contribution in [0.15, 0.2) is 59.8 Å². The van der Waals surface area contributed by atoms with Gasteiger partial charge in [0.2, 0.25) is 0 Å². The molecule has 3 aromatic rings. The minimum absolute atomic E-state index is 0.250. The lowest BCUT2D eigenvalue weighted by Crippen LogP contribution is -2.20. The van der Waals surface area contributed by atoms with Gasteiger partial charge < -0.3 is 4.74 Å². The summed E-state index contributed by atoms with van der Waals surface area (Å²) in [6.45, 7) is 4.16. The molecule has 0 unspecified atom stereocenters. The molecule has 1 aromatic heterocycles. The lowest BCUT2D eigenvalue weighted by atomic mass is 10.2. The molecule has 0 radical (unpaired) electrons. The summed E-state index contributed by atoms with van der Waals surface area (Å²) in [6, 6.07) is 15.8. The molecule has 0 amide bonds. The minimum Gasteiger partial charge on any atom is -0.465 e. The van der Waals surface area contributed by atoms with Crippen LogP contribution in [-0.2, 0) is 9.53 Å². The van der Waals surface area contributed by atoms with E-state index in [9.17, 15) is 9.18 Å². The monoisotopic (exact) mass is 399 g/mol. The molecule has 0 bridgehead atoms. The Labute approximate surface area is 167 Å². The van der Waals surface area contributed by atoms with Crippen molar-refractivity contribution in [1.82, 2.24) is 14.8 Å². The van der Waals surface area contributed by atoms with Crippen molar-refractivity contribution < 1.29 is 13.9 Å². The lowest BCUT2D eigenvalue weighted by molar-refractivity contribution is -0.142. The summed E-state index contributed by atoms with van der Waals surface area (Å²) in [6.07, 6.45) is 1.53. The molecule has 0 saturated heterocycles. The van der Waals surface area contributed by atoms with Crippen molar-refractivity contribution >= 4 is 17.7 Å². The predicted octanol–water partition coefficient (Wildman–Crippen LogP) is 4.90. The number of hydrogen-bond donors (Lipinski definition) is 0. The number of ether oxygens (including phenoxy) is 1. The van der Waals surface area contributed by atoms with E-state index in [2.05, 4.69) is 10.2 Å². The van der Waals surface area contributed by atoms with Crippen molar-refractivity contribution in [3.05, 3.63) is 60.4 Å². The highest BCUT2D eigenvalue weighted by Gasteiger charge is 2.25. The molecule has 0 N–H and O–H groups in total. The first-order valence-electron chi connectivity index (χ1n) is 9.24. The molecule has 0 saturated carbocycles. The van der Waals surface area contributed by atoms with Crippen molar-refractivity contribution in [3.63, 3.8) is 0 Å². The van der Waals surface area contributed by atoms with Crippen LogP contribution in [0, 0.1) is 5.82 Å². The van der Waals surface area contributed by atoms with E-state index in [1.807, 2.05) is 41.8 Å². The van der Waals surface area contributed by atoms with Crippen LogP contribution in [0.25, 0.3) is 17.1 Å². The Morgan fingerprint density at radius 3 is 2.46 bits per heavy atom. The van der Waals surface area contributed by atoms with Gasteiger partial charge in [-0.15, -0.1) is 10.2 Å². The number of rotatable bonds is 8. The van der Waals surface area contributed by atoms with Crippen LogP contribution in [0.4, 0.5) is 4.39 Å². The first-order chi connectivity index (χ1) is 13.6. The van der Waals surface area contributed by atoms with Crippen molar-refractivity contribution in [2.45, 2.75) is 37.1 Å². The van der Waals surface area contributed by atoms with Crippen LogP contribution in [-0.4, -0.2) is 32.6 Å². The largest absolute Gasteiger partial charge is 0.465 e. The summed E-state index contributed by atoms with van der Waals surface area (Å²) in [5.74, 6) is 0.0301. The number of para-hydroxylation sites is 1. The van der Waals surface area contributed by atoms with Crippen molar-refractivity contribution in [3.8, 4) is 17.1 Å². The molecule has 1 heterocycles. The van der Waals surface area contributed by atoms with E-state index in [4.69, 9.17) is 4.74 Å². The SMILES string of the molecule is CCC[C@@H](Sc1nnc(-c2ccc(F)cc2)n1-c1ccccc1)C(=O)OCC. The average molecular weight is 399 g/mol. The topological polar surface area (TPSA) is 57.0 Å². The molecule has 0 aliphatic rings. The Morgan fingerprint density at radius 1 is 1.11 bits per heavy atom. The fourth-order valence-corrected chi connectivity index (χ4v) is 3.95. The van der Waals surface area contributed by atoms with Gasteiger partial charge in [0, 0.05) is 11.3 Å². The van der Waals surface area contributed by atoms with Crippen LogP contribution in [0.3, 0.4) is 0 Å². The highest BCUT2D eigenvalue weighted by Crippen LogP contribution is 2.32. The summed E-state index contributed by atoms with van der Waals surface area (Å²) in [7, 11) is 0. The summed E-state index contributed by atoms with van der Waals surface area (Å²) >= 11 is 1.34. The Hall–Kier alpha value is -2.67. The second-order valence-corrected chi connectivity index (χ2v) is 7.30. The van der Waals surface area contributed by atoms with Gasteiger partial charge in [-0.05, 0) is 49.7 Å². The third kappa shape index (κ3) is 4.59. The zero-order valence-electron chi connectivity index (χ0n) is 15.8. The van der Waals surface area contributed by atoms with E-state index in [0.29, 0.717) is 24.0 Å². The van der Waals surface area contributed by atoms with Gasteiger partial charge in [-0.2, -0.15) is 0 Å². The van der Waals surface area contributed by atoms with Crippen molar-refractivity contribution in [1.29, 1.82) is 0 Å². The number of carbonyl (C=O) groups excluding carboxylic acids is 1. The highest BCUT2D eigenvalue weighted by atomic mass is 32.2. The number of carbonyl (C=O) groups is 1. The molecule has 0 spiro atoms. The van der Waals surface area contributed by atoms with E-state index in [1.165, 1.54) is 23.9 Å². The molecule has 0 aliphatic heterocycles. The first kappa shape index (κ1) is 20.1. The standard InChI is InChI=1S/C21H22FN3O2S/c1-3-8-18(20(26)27-4-2)28-21-24-23-19(15-11-13-16(22)14-12-15)25(21)17-9-6-5-7-10-17/h5-7,9-14,18H,3-4,8H2,1-2H3/t18-/m1/s1. The lowest BCUT2D eigenvalue weighted by Gasteiger charge is -2.15. The van der Waals surface area contributed by atoms with Crippen LogP contribution < -0.4 is 0 Å². The summed E-state index contributed by atoms with van der Waals surface area (Å²) in [5.41, 5.74) is 1.61. The number of esters is 1. The minimum atomic E-state index is -0.363. The highest BCUT2D eigenvalue weighted by molar-refractivity contribution is 8.00. The van der Waals surface area contributed by atoms with Gasteiger partial charge in [-0.3, -0.25) is 9.36 Å². The quantitative estimate of drug-likeness (QED) is 0.398. The Balaban J connectivity index is 2.03. The number of thioether (sulfide) groups is 1. The molecule has 0 fully saturated rings. The third-order valence-corrected chi connectivity index (χ3v) is 5.29. The Kier molecular flexibility index (Phi) is 6.81. The van der Waals surface area contributed by atoms with Crippen LogP contribution in [0.1, 0.15) is 26.7 Å². The molecular weight excluding hydrogens is 377 g/mol. The summed E-state index contributed by atoms with van der Waals surface area (Å²) < 4.78 is 20.5. The zero-order valence-corrected chi connectivity index (χ0v) is 16.7. The van der Waals surface area contributed by atoms with E-state index in [-0.39, 0.29) is 17.0 Å². The van der Waals surface area contributed by atoms with Gasteiger partial charge in [0.1, 0.15) is 11.1 Å². The third-order valence-electron chi connectivity index (χ3n) is 4.10. The maximum Gasteiger partial charge on any atom is 0.319 e. The molecule has 7 heteroatoms. The van der Waals surface area contributed by atoms with Crippen molar-refractivity contribution in [2.24, 2.45) is 0 Å². The molecule has 0 aliphatic carbocycles. The fraction of sp³-hybridized carbons (Fsp3) is 0.286. The first-order valence-corrected chi connectivity index (χ1v) is 10.1. The molecule has 146 valence electrons. The summed E-state index contributed by atoms with van der Waals surface area (Å²) in [4.78, 5) is 12.4. The molecule has 2 aromatic carbocycles. The van der Waals surface area contributed by atoms with E-state index in [0.717, 1.165) is 17.7 Å². The molecule has 3 rings (SSSR count). The van der Waals surface area contributed by atoms with Gasteiger partial charge >= 0.3 is 5.97 Å². The van der Waals surface area contributed by atoms with Crippen LogP contribution >= 0.6 is 11.8 Å². The predicted molar refractivity (Wildman–Crippen MR) is 108 cm³/mol. The average Bonchev–Trinajstić information content (AvgIpc) is 3.12. The number of benzene rings is 2. The Morgan fingerprint density at radius 2 is 1.82 bits per heavy atom. The van der Waals surface area contributed by atoms with Gasteiger partial charge in [-0.25, -0.2) is 4.39 Å². The normalized spacial score (nSPS) is 12.0. The van der Waals surface area contributed by atoms with Crippen LogP contribution in [0.2, 0.25) is 0 Å². The zero-order chi connectivity index (χ0) is 19.9. The Bertz CT molecular complexity index is 913.